The van der Waals surface area contributed by atoms with Gasteiger partial charge in [-0.25, -0.2) is 0 Å². The number of rotatable bonds is 0. The number of nitrogens with one attached hydrogen (secondary N) is 1. The molecule has 0 radical (unpaired) electrons. The van der Waals surface area contributed by atoms with Crippen LogP contribution < -0.4 is 5.32 Å². The summed E-state index contributed by atoms with van der Waals surface area (Å²) in [5, 5.41) is 4.66. The van der Waals surface area contributed by atoms with E-state index in [1.807, 2.05) is 12.4 Å². The van der Waals surface area contributed by atoms with Gasteiger partial charge in [0.2, 0.25) is 0 Å². The second kappa shape index (κ2) is 2.57. The molecule has 0 bridgehead atoms. The molecule has 0 saturated carbocycles. The molecule has 2 aromatic heterocycles. The molecule has 0 fully saturated rings. The van der Waals surface area contributed by atoms with Crippen molar-refractivity contribution in [3.05, 3.63) is 30.2 Å². The Balaban J connectivity index is 2.34. The highest BCUT2D eigenvalue weighted by atomic mass is 15.1. The first-order valence-corrected chi connectivity index (χ1v) is 4.58. The highest BCUT2D eigenvalue weighted by Gasteiger charge is 2.11. The average Bonchev–Trinajstić information content (AvgIpc) is 2.56. The van der Waals surface area contributed by atoms with E-state index in [9.17, 15) is 0 Å². The van der Waals surface area contributed by atoms with Gasteiger partial charge in [0, 0.05) is 36.9 Å². The smallest absolute Gasteiger partial charge is 0.0669 e. The summed E-state index contributed by atoms with van der Waals surface area (Å²) in [6, 6.07) is 4.31. The lowest BCUT2D eigenvalue weighted by Gasteiger charge is -2.16. The van der Waals surface area contributed by atoms with E-state index in [0.717, 1.165) is 19.6 Å². The van der Waals surface area contributed by atoms with Gasteiger partial charge in [-0.05, 0) is 12.1 Å². The molecule has 0 atom stereocenters. The third-order valence-corrected chi connectivity index (χ3v) is 2.61. The molecule has 3 rings (SSSR count). The summed E-state index contributed by atoms with van der Waals surface area (Å²) in [4.78, 5) is 4.15. The van der Waals surface area contributed by atoms with Crippen LogP contribution in [-0.2, 0) is 13.1 Å². The fraction of sp³-hybridized carbons (Fsp3) is 0.300. The van der Waals surface area contributed by atoms with Crippen molar-refractivity contribution >= 4 is 10.9 Å². The van der Waals surface area contributed by atoms with Crippen LogP contribution in [-0.4, -0.2) is 16.1 Å². The zero-order chi connectivity index (χ0) is 8.67. The average molecular weight is 173 g/mol. The molecule has 0 amide bonds. The Hall–Kier alpha value is -1.35. The summed E-state index contributed by atoms with van der Waals surface area (Å²) in [5.74, 6) is 0. The topological polar surface area (TPSA) is 29.9 Å². The maximum atomic E-state index is 4.15. The number of aromatic nitrogens is 2. The van der Waals surface area contributed by atoms with E-state index in [0.29, 0.717) is 0 Å². The van der Waals surface area contributed by atoms with Gasteiger partial charge in [-0.3, -0.25) is 4.98 Å². The number of pyridine rings is 1. The van der Waals surface area contributed by atoms with Crippen molar-refractivity contribution in [2.45, 2.75) is 13.1 Å². The van der Waals surface area contributed by atoms with Gasteiger partial charge in [-0.15, -0.1) is 0 Å². The first-order valence-electron chi connectivity index (χ1n) is 4.58. The lowest BCUT2D eigenvalue weighted by atomic mass is 10.3. The van der Waals surface area contributed by atoms with Crippen molar-refractivity contribution in [3.8, 4) is 0 Å². The molecule has 3 nitrogen and oxygen atoms in total. The first-order chi connectivity index (χ1) is 6.45. The van der Waals surface area contributed by atoms with Crippen LogP contribution in [0.4, 0.5) is 0 Å². The van der Waals surface area contributed by atoms with E-state index in [1.165, 1.54) is 16.6 Å². The van der Waals surface area contributed by atoms with Crippen molar-refractivity contribution in [3.63, 3.8) is 0 Å². The van der Waals surface area contributed by atoms with E-state index in [4.69, 9.17) is 0 Å². The zero-order valence-corrected chi connectivity index (χ0v) is 7.33. The van der Waals surface area contributed by atoms with Crippen LogP contribution in [0, 0.1) is 0 Å². The van der Waals surface area contributed by atoms with Crippen molar-refractivity contribution < 1.29 is 0 Å². The van der Waals surface area contributed by atoms with E-state index in [1.54, 1.807) is 0 Å². The fourth-order valence-electron chi connectivity index (χ4n) is 1.97. The monoisotopic (exact) mass is 173 g/mol. The molecule has 0 saturated heterocycles. The van der Waals surface area contributed by atoms with Crippen LogP contribution in [0.1, 0.15) is 5.69 Å². The highest BCUT2D eigenvalue weighted by Crippen LogP contribution is 2.19. The fourth-order valence-corrected chi connectivity index (χ4v) is 1.97. The lowest BCUT2D eigenvalue weighted by Crippen LogP contribution is -2.27. The summed E-state index contributed by atoms with van der Waals surface area (Å²) in [5.41, 5.74) is 2.63. The molecule has 66 valence electrons. The molecular weight excluding hydrogens is 162 g/mol. The van der Waals surface area contributed by atoms with Crippen molar-refractivity contribution in [2.24, 2.45) is 0 Å². The van der Waals surface area contributed by atoms with Crippen molar-refractivity contribution in [2.75, 3.05) is 6.54 Å². The van der Waals surface area contributed by atoms with Gasteiger partial charge in [0.25, 0.3) is 0 Å². The van der Waals surface area contributed by atoms with Gasteiger partial charge in [-0.2, -0.15) is 0 Å². The minimum absolute atomic E-state index is 0.981. The van der Waals surface area contributed by atoms with Gasteiger partial charge in [-0.1, -0.05) is 0 Å². The summed E-state index contributed by atoms with van der Waals surface area (Å²) in [7, 11) is 0. The summed E-state index contributed by atoms with van der Waals surface area (Å²) in [6.07, 6.45) is 3.80. The van der Waals surface area contributed by atoms with Crippen LogP contribution in [0.15, 0.2) is 24.5 Å². The molecule has 1 aliphatic rings. The quantitative estimate of drug-likeness (QED) is 0.647. The van der Waals surface area contributed by atoms with E-state index < -0.39 is 0 Å². The molecule has 0 aliphatic carbocycles. The Morgan fingerprint density at radius 1 is 1.46 bits per heavy atom. The molecule has 2 aromatic rings. The summed E-state index contributed by atoms with van der Waals surface area (Å²) >= 11 is 0. The predicted octanol–water partition coefficient (Wildman–Crippen LogP) is 1.14. The van der Waals surface area contributed by atoms with E-state index in [2.05, 4.69) is 27.0 Å². The SMILES string of the molecule is c1cc2cc3n(c2cn1)CCNC3. The molecule has 0 aromatic carbocycles. The molecule has 1 N–H and O–H groups in total. The second-order valence-corrected chi connectivity index (χ2v) is 3.40. The Labute approximate surface area is 76.4 Å². The summed E-state index contributed by atoms with van der Waals surface area (Å²) in [6.45, 7) is 3.10. The van der Waals surface area contributed by atoms with Crippen molar-refractivity contribution in [1.82, 2.24) is 14.9 Å². The molecule has 3 heteroatoms. The van der Waals surface area contributed by atoms with Gasteiger partial charge in [0.1, 0.15) is 0 Å². The van der Waals surface area contributed by atoms with Crippen LogP contribution in [0.3, 0.4) is 0 Å². The number of hydrogen-bond donors (Lipinski definition) is 1. The Morgan fingerprint density at radius 2 is 2.46 bits per heavy atom. The lowest BCUT2D eigenvalue weighted by molar-refractivity contribution is 0.526. The number of nitrogens with zero attached hydrogens (tertiary/aromatic N) is 2. The Bertz CT molecular complexity index is 444. The molecule has 13 heavy (non-hydrogen) atoms. The molecule has 3 heterocycles. The second-order valence-electron chi connectivity index (χ2n) is 3.40. The minimum atomic E-state index is 0.981. The van der Waals surface area contributed by atoms with Crippen LogP contribution in [0.25, 0.3) is 10.9 Å². The number of fused-ring (bicyclic) bond motifs is 3. The number of hydrogen-bond acceptors (Lipinski definition) is 2. The standard InChI is InChI=1S/C10H11N3/c1-2-11-7-10-8(1)5-9-6-12-3-4-13(9)10/h1-2,5,7,12H,3-4,6H2. The highest BCUT2D eigenvalue weighted by molar-refractivity contribution is 5.80. The van der Waals surface area contributed by atoms with Crippen LogP contribution in [0.2, 0.25) is 0 Å². The molecule has 0 unspecified atom stereocenters. The van der Waals surface area contributed by atoms with Gasteiger partial charge in [0.15, 0.2) is 0 Å². The summed E-state index contributed by atoms with van der Waals surface area (Å²) < 4.78 is 2.35. The maximum Gasteiger partial charge on any atom is 0.0669 e. The zero-order valence-electron chi connectivity index (χ0n) is 7.33. The Morgan fingerprint density at radius 3 is 3.46 bits per heavy atom. The maximum absolute atomic E-state index is 4.15. The van der Waals surface area contributed by atoms with E-state index >= 15 is 0 Å². The van der Waals surface area contributed by atoms with Crippen LogP contribution in [0.5, 0.6) is 0 Å². The van der Waals surface area contributed by atoms with Gasteiger partial charge in [0.05, 0.1) is 11.7 Å². The molecule has 0 spiro atoms. The van der Waals surface area contributed by atoms with Gasteiger partial charge >= 0.3 is 0 Å². The van der Waals surface area contributed by atoms with Crippen molar-refractivity contribution in [1.29, 1.82) is 0 Å². The largest absolute Gasteiger partial charge is 0.341 e. The third kappa shape index (κ3) is 0.971. The van der Waals surface area contributed by atoms with Gasteiger partial charge < -0.3 is 9.88 Å². The first kappa shape index (κ1) is 7.09. The van der Waals surface area contributed by atoms with Crippen LogP contribution >= 0.6 is 0 Å². The normalized spacial score (nSPS) is 16.0. The molecular formula is C10H11N3. The third-order valence-electron chi connectivity index (χ3n) is 2.61. The molecule has 1 aliphatic heterocycles. The Kier molecular flexibility index (Phi) is 1.40. The minimum Gasteiger partial charge on any atom is -0.341 e. The van der Waals surface area contributed by atoms with E-state index in [-0.39, 0.29) is 0 Å². The predicted molar refractivity (Wildman–Crippen MR) is 51.4 cm³/mol.